The van der Waals surface area contributed by atoms with Crippen LogP contribution in [0.5, 0.6) is 0 Å². The number of hydrogen-bond acceptors (Lipinski definition) is 4. The number of halogens is 2. The molecule has 0 bridgehead atoms. The third-order valence-corrected chi connectivity index (χ3v) is 6.94. The van der Waals surface area contributed by atoms with E-state index in [0.717, 1.165) is 22.3 Å². The minimum atomic E-state index is -3.00. The summed E-state index contributed by atoms with van der Waals surface area (Å²) in [4.78, 5) is 37.8. The molecule has 0 radical (unpaired) electrons. The number of carboxylic acids is 1. The van der Waals surface area contributed by atoms with Crippen LogP contribution in [0, 0.1) is 11.3 Å². The van der Waals surface area contributed by atoms with Gasteiger partial charge in [-0.2, -0.15) is 0 Å². The molecule has 4 rings (SSSR count). The first-order valence-corrected chi connectivity index (χ1v) is 11.5. The molecule has 1 saturated heterocycles. The van der Waals surface area contributed by atoms with Crippen LogP contribution in [0.1, 0.15) is 37.3 Å². The largest absolute Gasteiger partial charge is 0.481 e. The van der Waals surface area contributed by atoms with Crippen LogP contribution >= 0.6 is 0 Å². The van der Waals surface area contributed by atoms with Gasteiger partial charge in [0.25, 0.3) is 6.43 Å². The molecule has 1 aliphatic heterocycles. The number of amides is 2. The summed E-state index contributed by atoms with van der Waals surface area (Å²) in [6, 6.07) is 13.8. The van der Waals surface area contributed by atoms with Gasteiger partial charge in [-0.3, -0.25) is 9.59 Å². The van der Waals surface area contributed by atoms with Gasteiger partial charge >= 0.3 is 12.1 Å². The van der Waals surface area contributed by atoms with Crippen LogP contribution in [0.25, 0.3) is 11.1 Å². The Kier molecular flexibility index (Phi) is 6.78. The Hall–Kier alpha value is -3.49. The van der Waals surface area contributed by atoms with Crippen LogP contribution in [-0.4, -0.2) is 60.1 Å². The van der Waals surface area contributed by atoms with E-state index in [-0.39, 0.29) is 25.6 Å². The number of carboxylic acid groups (broad SMARTS) is 1. The highest BCUT2D eigenvalue weighted by atomic mass is 19.3. The number of carbonyl (C=O) groups excluding carboxylic acids is 2. The fourth-order valence-electron chi connectivity index (χ4n) is 5.05. The van der Waals surface area contributed by atoms with Gasteiger partial charge in [-0.1, -0.05) is 62.4 Å². The van der Waals surface area contributed by atoms with Crippen LogP contribution in [0.15, 0.2) is 48.5 Å². The van der Waals surface area contributed by atoms with Crippen molar-refractivity contribution in [1.29, 1.82) is 0 Å². The second-order valence-electron chi connectivity index (χ2n) is 9.77. The summed E-state index contributed by atoms with van der Waals surface area (Å²) in [7, 11) is 0. The molecule has 0 aromatic heterocycles. The average molecular weight is 487 g/mol. The lowest BCUT2D eigenvalue weighted by Crippen LogP contribution is -2.44. The fraction of sp³-hybridized carbons (Fsp3) is 0.423. The molecule has 9 heteroatoms. The van der Waals surface area contributed by atoms with Crippen molar-refractivity contribution in [2.75, 3.05) is 19.7 Å². The van der Waals surface area contributed by atoms with Crippen LogP contribution in [0.3, 0.4) is 0 Å². The second kappa shape index (κ2) is 9.64. The number of carbonyl (C=O) groups is 3. The van der Waals surface area contributed by atoms with Crippen LogP contribution in [0.4, 0.5) is 13.6 Å². The highest BCUT2D eigenvalue weighted by molar-refractivity contribution is 5.81. The molecule has 1 aliphatic carbocycles. The molecule has 186 valence electrons. The third kappa shape index (κ3) is 4.99. The molecule has 2 unspecified atom stereocenters. The molecule has 35 heavy (non-hydrogen) atoms. The van der Waals surface area contributed by atoms with Gasteiger partial charge in [0.1, 0.15) is 12.6 Å². The lowest BCUT2D eigenvalue weighted by molar-refractivity contribution is -0.144. The van der Waals surface area contributed by atoms with E-state index in [0.29, 0.717) is 0 Å². The highest BCUT2D eigenvalue weighted by Crippen LogP contribution is 2.44. The van der Waals surface area contributed by atoms with Gasteiger partial charge in [0.05, 0.1) is 12.3 Å². The van der Waals surface area contributed by atoms with Gasteiger partial charge < -0.3 is 20.1 Å². The number of hydrogen-bond donors (Lipinski definition) is 2. The zero-order valence-electron chi connectivity index (χ0n) is 19.5. The molecule has 1 heterocycles. The van der Waals surface area contributed by atoms with Gasteiger partial charge in [-0.15, -0.1) is 0 Å². The van der Waals surface area contributed by atoms with Crippen LogP contribution in [0.2, 0.25) is 0 Å². The van der Waals surface area contributed by atoms with E-state index in [1.165, 1.54) is 4.90 Å². The van der Waals surface area contributed by atoms with E-state index < -0.39 is 48.2 Å². The number of nitrogens with zero attached hydrogens (tertiary/aromatic N) is 1. The van der Waals surface area contributed by atoms with Crippen LogP contribution < -0.4 is 5.32 Å². The van der Waals surface area contributed by atoms with Gasteiger partial charge in [0, 0.05) is 19.0 Å². The van der Waals surface area contributed by atoms with Crippen molar-refractivity contribution < 1.29 is 33.0 Å². The van der Waals surface area contributed by atoms with E-state index in [2.05, 4.69) is 5.32 Å². The average Bonchev–Trinajstić information content (AvgIpc) is 3.31. The Morgan fingerprint density at radius 1 is 1.09 bits per heavy atom. The van der Waals surface area contributed by atoms with Crippen molar-refractivity contribution >= 4 is 18.0 Å². The smallest absolute Gasteiger partial charge is 0.407 e. The van der Waals surface area contributed by atoms with E-state index in [4.69, 9.17) is 4.74 Å². The quantitative estimate of drug-likeness (QED) is 0.614. The molecule has 1 fully saturated rings. The minimum absolute atomic E-state index is 0.0373. The Morgan fingerprint density at radius 3 is 2.17 bits per heavy atom. The van der Waals surface area contributed by atoms with Gasteiger partial charge in [-0.25, -0.2) is 13.6 Å². The van der Waals surface area contributed by atoms with E-state index >= 15 is 0 Å². The number of fused-ring (bicyclic) bond motifs is 3. The predicted octanol–water partition coefficient (Wildman–Crippen LogP) is 4.12. The number of alkyl halides is 2. The van der Waals surface area contributed by atoms with Crippen molar-refractivity contribution in [3.8, 4) is 11.1 Å². The number of aliphatic carboxylic acids is 1. The molecule has 2 aromatic carbocycles. The molecular weight excluding hydrogens is 458 g/mol. The van der Waals surface area contributed by atoms with Crippen LogP contribution in [-0.2, 0) is 14.3 Å². The summed E-state index contributed by atoms with van der Waals surface area (Å²) < 4.78 is 32.7. The van der Waals surface area contributed by atoms with Crippen molar-refractivity contribution in [3.63, 3.8) is 0 Å². The molecule has 7 nitrogen and oxygen atoms in total. The van der Waals surface area contributed by atoms with Gasteiger partial charge in [0.15, 0.2) is 0 Å². The fourth-order valence-corrected chi connectivity index (χ4v) is 5.05. The van der Waals surface area contributed by atoms with Crippen molar-refractivity contribution in [1.82, 2.24) is 10.2 Å². The van der Waals surface area contributed by atoms with Gasteiger partial charge in [-0.05, 0) is 27.7 Å². The maximum Gasteiger partial charge on any atom is 0.407 e. The Morgan fingerprint density at radius 2 is 1.66 bits per heavy atom. The summed E-state index contributed by atoms with van der Waals surface area (Å²) in [5.41, 5.74) is 3.39. The zero-order valence-corrected chi connectivity index (χ0v) is 19.5. The lowest BCUT2D eigenvalue weighted by Gasteiger charge is -2.23. The Bertz CT molecular complexity index is 1090. The summed E-state index contributed by atoms with van der Waals surface area (Å²) in [6.07, 6.45) is -4.68. The van der Waals surface area contributed by atoms with E-state index in [9.17, 15) is 28.3 Å². The number of nitrogens with one attached hydrogen (secondary N) is 1. The minimum Gasteiger partial charge on any atom is -0.481 e. The Labute approximate surface area is 202 Å². The number of ether oxygens (including phenoxy) is 1. The molecule has 2 aliphatic rings. The molecule has 2 atom stereocenters. The number of rotatable bonds is 7. The summed E-state index contributed by atoms with van der Waals surface area (Å²) >= 11 is 0. The summed E-state index contributed by atoms with van der Waals surface area (Å²) in [6.45, 7) is 3.49. The van der Waals surface area contributed by atoms with E-state index in [1.54, 1.807) is 13.8 Å². The first-order chi connectivity index (χ1) is 16.6. The molecular formula is C26H28F2N2O5. The van der Waals surface area contributed by atoms with Crippen molar-refractivity contribution in [2.24, 2.45) is 11.3 Å². The first kappa shape index (κ1) is 24.6. The molecule has 0 saturated carbocycles. The standard InChI is InChI=1S/C26H28F2N2O5/c1-26(2)14-30(12-20(26)24(32)33)22(31)11-21(23(27)28)29-25(34)35-13-19-17-9-5-3-7-15(17)16-8-4-6-10-18(16)19/h3-10,19-21,23H,11-14H2,1-2H3,(H,29,34)(H,32,33). The van der Waals surface area contributed by atoms with Crippen molar-refractivity contribution in [2.45, 2.75) is 38.7 Å². The molecule has 2 N–H and O–H groups in total. The summed E-state index contributed by atoms with van der Waals surface area (Å²) in [5, 5.41) is 11.5. The van der Waals surface area contributed by atoms with Crippen molar-refractivity contribution in [3.05, 3.63) is 59.7 Å². The second-order valence-corrected chi connectivity index (χ2v) is 9.77. The molecule has 2 amide bonds. The van der Waals surface area contributed by atoms with Gasteiger partial charge in [0.2, 0.25) is 5.91 Å². The predicted molar refractivity (Wildman–Crippen MR) is 124 cm³/mol. The first-order valence-electron chi connectivity index (χ1n) is 11.5. The molecule has 0 spiro atoms. The normalized spacial score (nSPS) is 19.2. The number of likely N-dealkylation sites (tertiary alicyclic amines) is 1. The SMILES string of the molecule is CC1(C)CN(C(=O)CC(NC(=O)OCC2c3ccccc3-c3ccccc32)C(F)F)CC1C(=O)O. The Balaban J connectivity index is 1.37. The monoisotopic (exact) mass is 486 g/mol. The number of alkyl carbamates (subject to hydrolysis) is 1. The zero-order chi connectivity index (χ0) is 25.3. The summed E-state index contributed by atoms with van der Waals surface area (Å²) in [5.74, 6) is -2.68. The maximum absolute atomic E-state index is 13.7. The van der Waals surface area contributed by atoms with E-state index in [1.807, 2.05) is 48.5 Å². The molecule has 2 aromatic rings. The highest BCUT2D eigenvalue weighted by Gasteiger charge is 2.45. The number of benzene rings is 2. The topological polar surface area (TPSA) is 95.9 Å². The maximum atomic E-state index is 13.7. The lowest BCUT2D eigenvalue weighted by atomic mass is 9.82. The third-order valence-electron chi connectivity index (χ3n) is 6.94.